The molecule has 17 heavy (non-hydrogen) atoms. The predicted molar refractivity (Wildman–Crippen MR) is 64.7 cm³/mol. The van der Waals surface area contributed by atoms with E-state index in [1.165, 1.54) is 20.3 Å². The quantitative estimate of drug-likeness (QED) is 0.766. The summed E-state index contributed by atoms with van der Waals surface area (Å²) in [7, 11) is 2.01. The molecule has 1 aliphatic heterocycles. The van der Waals surface area contributed by atoms with Gasteiger partial charge in [0.15, 0.2) is 0 Å². The lowest BCUT2D eigenvalue weighted by molar-refractivity contribution is -0.146. The van der Waals surface area contributed by atoms with Gasteiger partial charge in [0.1, 0.15) is 5.54 Å². The zero-order chi connectivity index (χ0) is 13.1. The molecule has 1 saturated heterocycles. The zero-order valence-electron chi connectivity index (χ0n) is 10.8. The van der Waals surface area contributed by atoms with Crippen LogP contribution in [-0.2, 0) is 9.59 Å². The summed E-state index contributed by atoms with van der Waals surface area (Å²) in [5.74, 6) is -1.20. The molecule has 0 spiro atoms. The van der Waals surface area contributed by atoms with Gasteiger partial charge in [-0.1, -0.05) is 6.42 Å². The standard InChI is InChI=1S/C12H22N2O3/c1-12(2,11(16)17)13-10(15)8-9-6-4-5-7-14(9)3/h9H,4-8H2,1-3H3,(H,13,15)(H,16,17). The maximum Gasteiger partial charge on any atom is 0.328 e. The summed E-state index contributed by atoms with van der Waals surface area (Å²) in [6.07, 6.45) is 3.71. The Morgan fingerprint density at radius 3 is 2.59 bits per heavy atom. The number of aliphatic carboxylic acids is 1. The minimum absolute atomic E-state index is 0.184. The summed E-state index contributed by atoms with van der Waals surface area (Å²) in [5, 5.41) is 11.5. The minimum atomic E-state index is -1.19. The van der Waals surface area contributed by atoms with Gasteiger partial charge in [0, 0.05) is 12.5 Å². The van der Waals surface area contributed by atoms with E-state index in [1.807, 2.05) is 7.05 Å². The van der Waals surface area contributed by atoms with E-state index in [1.54, 1.807) is 0 Å². The molecule has 1 rings (SSSR count). The lowest BCUT2D eigenvalue weighted by Gasteiger charge is -2.32. The number of rotatable bonds is 4. The van der Waals surface area contributed by atoms with Crippen molar-refractivity contribution in [1.82, 2.24) is 10.2 Å². The van der Waals surface area contributed by atoms with Crippen molar-refractivity contribution in [2.45, 2.75) is 51.1 Å². The second-order valence-electron chi connectivity index (χ2n) is 5.31. The highest BCUT2D eigenvalue weighted by atomic mass is 16.4. The maximum absolute atomic E-state index is 11.8. The van der Waals surface area contributed by atoms with Crippen molar-refractivity contribution >= 4 is 11.9 Å². The Labute approximate surface area is 102 Å². The first-order valence-corrected chi connectivity index (χ1v) is 6.07. The highest BCUT2D eigenvalue weighted by Gasteiger charge is 2.30. The zero-order valence-corrected chi connectivity index (χ0v) is 10.8. The molecule has 1 fully saturated rings. The smallest absolute Gasteiger partial charge is 0.328 e. The first-order chi connectivity index (χ1) is 7.83. The van der Waals surface area contributed by atoms with Gasteiger partial charge in [0.25, 0.3) is 0 Å². The van der Waals surface area contributed by atoms with Crippen molar-refractivity contribution in [3.63, 3.8) is 0 Å². The first kappa shape index (κ1) is 14.0. The summed E-state index contributed by atoms with van der Waals surface area (Å²) in [6, 6.07) is 0.244. The highest BCUT2D eigenvalue weighted by Crippen LogP contribution is 2.18. The molecule has 5 heteroatoms. The number of amides is 1. The lowest BCUT2D eigenvalue weighted by Crippen LogP contribution is -2.51. The SMILES string of the molecule is CN1CCCCC1CC(=O)NC(C)(C)C(=O)O. The molecule has 1 amide bonds. The van der Waals surface area contributed by atoms with E-state index in [0.717, 1.165) is 19.4 Å². The largest absolute Gasteiger partial charge is 0.480 e. The number of hydrogen-bond acceptors (Lipinski definition) is 3. The monoisotopic (exact) mass is 242 g/mol. The molecule has 1 unspecified atom stereocenters. The maximum atomic E-state index is 11.8. The van der Waals surface area contributed by atoms with Gasteiger partial charge in [-0.25, -0.2) is 4.79 Å². The van der Waals surface area contributed by atoms with E-state index in [-0.39, 0.29) is 11.9 Å². The molecule has 0 radical (unpaired) electrons. The van der Waals surface area contributed by atoms with E-state index < -0.39 is 11.5 Å². The summed E-state index contributed by atoms with van der Waals surface area (Å²) in [6.45, 7) is 4.01. The van der Waals surface area contributed by atoms with Crippen LogP contribution < -0.4 is 5.32 Å². The number of carboxylic acid groups (broad SMARTS) is 1. The molecule has 0 aromatic rings. The molecule has 2 N–H and O–H groups in total. The fraction of sp³-hybridized carbons (Fsp3) is 0.833. The molecule has 1 heterocycles. The van der Waals surface area contributed by atoms with Crippen molar-refractivity contribution in [3.8, 4) is 0 Å². The second kappa shape index (κ2) is 5.49. The van der Waals surface area contributed by atoms with Crippen molar-refractivity contribution in [3.05, 3.63) is 0 Å². The topological polar surface area (TPSA) is 69.6 Å². The molecular formula is C12H22N2O3. The van der Waals surface area contributed by atoms with E-state index in [9.17, 15) is 9.59 Å². The summed E-state index contributed by atoms with van der Waals surface area (Å²) >= 11 is 0. The molecule has 0 saturated carbocycles. The van der Waals surface area contributed by atoms with Gasteiger partial charge in [-0.2, -0.15) is 0 Å². The number of hydrogen-bond donors (Lipinski definition) is 2. The number of piperidine rings is 1. The van der Waals surface area contributed by atoms with Crippen LogP contribution in [0, 0.1) is 0 Å². The molecule has 0 aliphatic carbocycles. The van der Waals surface area contributed by atoms with Gasteiger partial charge in [-0.05, 0) is 40.3 Å². The number of carbonyl (C=O) groups is 2. The number of carboxylic acids is 1. The van der Waals surface area contributed by atoms with Crippen LogP contribution >= 0.6 is 0 Å². The van der Waals surface area contributed by atoms with Crippen LogP contribution in [-0.4, -0.2) is 47.1 Å². The summed E-state index contributed by atoms with van der Waals surface area (Å²) in [4.78, 5) is 24.8. The van der Waals surface area contributed by atoms with Gasteiger partial charge in [0.2, 0.25) is 5.91 Å². The normalized spacial score (nSPS) is 22.2. The Balaban J connectivity index is 2.46. The van der Waals surface area contributed by atoms with E-state index in [0.29, 0.717) is 6.42 Å². The van der Waals surface area contributed by atoms with Gasteiger partial charge >= 0.3 is 5.97 Å². The Kier molecular flexibility index (Phi) is 4.51. The van der Waals surface area contributed by atoms with Crippen molar-refractivity contribution in [1.29, 1.82) is 0 Å². The van der Waals surface area contributed by atoms with Crippen LogP contribution in [0.4, 0.5) is 0 Å². The van der Waals surface area contributed by atoms with Crippen LogP contribution in [0.5, 0.6) is 0 Å². The summed E-state index contributed by atoms with van der Waals surface area (Å²) < 4.78 is 0. The average molecular weight is 242 g/mol. The van der Waals surface area contributed by atoms with Crippen molar-refractivity contribution in [2.24, 2.45) is 0 Å². The van der Waals surface area contributed by atoms with Gasteiger partial charge < -0.3 is 15.3 Å². The highest BCUT2D eigenvalue weighted by molar-refractivity contribution is 5.86. The first-order valence-electron chi connectivity index (χ1n) is 6.07. The molecule has 1 aliphatic rings. The fourth-order valence-electron chi connectivity index (χ4n) is 2.07. The Bertz CT molecular complexity index is 302. The lowest BCUT2D eigenvalue weighted by atomic mass is 9.98. The van der Waals surface area contributed by atoms with E-state index in [2.05, 4.69) is 10.2 Å². The third-order valence-corrected chi connectivity index (χ3v) is 3.33. The van der Waals surface area contributed by atoms with Crippen LogP contribution in [0.25, 0.3) is 0 Å². The van der Waals surface area contributed by atoms with Crippen LogP contribution in [0.2, 0.25) is 0 Å². The Morgan fingerprint density at radius 2 is 2.06 bits per heavy atom. The molecule has 98 valence electrons. The summed E-state index contributed by atoms with van der Waals surface area (Å²) in [5.41, 5.74) is -1.19. The van der Waals surface area contributed by atoms with E-state index >= 15 is 0 Å². The Hall–Kier alpha value is -1.10. The minimum Gasteiger partial charge on any atom is -0.480 e. The van der Waals surface area contributed by atoms with Crippen molar-refractivity contribution < 1.29 is 14.7 Å². The van der Waals surface area contributed by atoms with Gasteiger partial charge in [-0.3, -0.25) is 4.79 Å². The molecular weight excluding hydrogens is 220 g/mol. The number of carbonyl (C=O) groups excluding carboxylic acids is 1. The van der Waals surface area contributed by atoms with E-state index in [4.69, 9.17) is 5.11 Å². The average Bonchev–Trinajstić information content (AvgIpc) is 2.20. The number of nitrogens with zero attached hydrogens (tertiary/aromatic N) is 1. The molecule has 1 atom stereocenters. The van der Waals surface area contributed by atoms with Crippen LogP contribution in [0.3, 0.4) is 0 Å². The third-order valence-electron chi connectivity index (χ3n) is 3.33. The van der Waals surface area contributed by atoms with Gasteiger partial charge in [0.05, 0.1) is 0 Å². The van der Waals surface area contributed by atoms with Crippen LogP contribution in [0.1, 0.15) is 39.5 Å². The second-order valence-corrected chi connectivity index (χ2v) is 5.31. The van der Waals surface area contributed by atoms with Gasteiger partial charge in [-0.15, -0.1) is 0 Å². The van der Waals surface area contributed by atoms with Crippen LogP contribution in [0.15, 0.2) is 0 Å². The number of likely N-dealkylation sites (tertiary alicyclic amines) is 1. The number of nitrogens with one attached hydrogen (secondary N) is 1. The Morgan fingerprint density at radius 1 is 1.41 bits per heavy atom. The predicted octanol–water partition coefficient (Wildman–Crippen LogP) is 0.840. The third kappa shape index (κ3) is 4.00. The molecule has 5 nitrogen and oxygen atoms in total. The molecule has 0 aromatic carbocycles. The molecule has 0 aromatic heterocycles. The fourth-order valence-corrected chi connectivity index (χ4v) is 2.07. The molecule has 0 bridgehead atoms. The van der Waals surface area contributed by atoms with Crippen molar-refractivity contribution in [2.75, 3.05) is 13.6 Å².